The Labute approximate surface area is 216 Å². The van der Waals surface area contributed by atoms with Gasteiger partial charge in [-0.25, -0.2) is 22.4 Å². The molecule has 3 aromatic rings. The topological polar surface area (TPSA) is 172 Å². The van der Waals surface area contributed by atoms with Crippen molar-refractivity contribution in [2.45, 2.75) is 24.8 Å². The summed E-state index contributed by atoms with van der Waals surface area (Å²) >= 11 is 0. The van der Waals surface area contributed by atoms with E-state index < -0.39 is 26.7 Å². The van der Waals surface area contributed by atoms with Crippen LogP contribution >= 0.6 is 0 Å². The Kier molecular flexibility index (Phi) is 9.38. The molecule has 0 saturated heterocycles. The highest BCUT2D eigenvalue weighted by Gasteiger charge is 2.14. The lowest BCUT2D eigenvalue weighted by Crippen LogP contribution is -2.21. The van der Waals surface area contributed by atoms with E-state index >= 15 is 0 Å². The summed E-state index contributed by atoms with van der Waals surface area (Å²) in [6, 6.07) is 12.9. The zero-order valence-corrected chi connectivity index (χ0v) is 22.1. The Morgan fingerprint density at radius 2 is 1.92 bits per heavy atom. The van der Waals surface area contributed by atoms with E-state index in [1.165, 1.54) is 0 Å². The molecular formula is C23H28N6O6S2. The van der Waals surface area contributed by atoms with Gasteiger partial charge in [-0.1, -0.05) is 12.1 Å². The second-order valence-electron chi connectivity index (χ2n) is 7.88. The van der Waals surface area contributed by atoms with E-state index in [2.05, 4.69) is 34.4 Å². The number of aliphatic hydroxyl groups is 1. The third kappa shape index (κ3) is 8.41. The molecule has 0 aliphatic heterocycles. The Hall–Kier alpha value is -3.75. The molecular weight excluding hydrogens is 520 g/mol. The molecule has 0 radical (unpaired) electrons. The number of amides is 1. The normalized spacial score (nSPS) is 13.0. The van der Waals surface area contributed by atoms with Gasteiger partial charge in [0.2, 0.25) is 16.0 Å². The SMILES string of the molecule is CCOC(=O)/N=[SH](=O)/c1ccc(Nc2ncc(-c3cccc(NS(C)(=O)=O)c3)c(N[C@H](C)CO)n2)cc1. The number of aliphatic hydroxyl groups excluding tert-OH is 1. The highest BCUT2D eigenvalue weighted by atomic mass is 32.2. The number of ether oxygens (including phenoxy) is 1. The lowest BCUT2D eigenvalue weighted by atomic mass is 10.1. The number of benzene rings is 2. The zero-order valence-electron chi connectivity index (χ0n) is 20.4. The number of carbonyl (C=O) groups excluding carboxylic acids is 1. The average molecular weight is 549 g/mol. The zero-order chi connectivity index (χ0) is 27.0. The molecule has 4 N–H and O–H groups in total. The number of aromatic nitrogens is 2. The van der Waals surface area contributed by atoms with Crippen molar-refractivity contribution in [2.75, 3.05) is 34.8 Å². The number of rotatable bonds is 10. The Balaban J connectivity index is 1.88. The Morgan fingerprint density at radius 1 is 1.19 bits per heavy atom. The molecule has 12 nitrogen and oxygen atoms in total. The van der Waals surface area contributed by atoms with Gasteiger partial charge in [0.25, 0.3) is 0 Å². The molecule has 198 valence electrons. The van der Waals surface area contributed by atoms with Gasteiger partial charge in [-0.05, 0) is 55.8 Å². The van der Waals surface area contributed by atoms with Crippen LogP contribution < -0.4 is 15.4 Å². The first-order valence-electron chi connectivity index (χ1n) is 11.1. The van der Waals surface area contributed by atoms with Crippen molar-refractivity contribution in [3.8, 4) is 11.1 Å². The summed E-state index contributed by atoms with van der Waals surface area (Å²) in [5.74, 6) is 0.665. The van der Waals surface area contributed by atoms with E-state index in [0.29, 0.717) is 33.2 Å². The van der Waals surface area contributed by atoms with Gasteiger partial charge >= 0.3 is 6.09 Å². The highest BCUT2D eigenvalue weighted by molar-refractivity contribution is 7.92. The Bertz CT molecular complexity index is 1440. The number of carbonyl (C=O) groups is 1. The first-order chi connectivity index (χ1) is 17.6. The fraction of sp³-hybridized carbons (Fsp3) is 0.261. The number of nitrogens with zero attached hydrogens (tertiary/aromatic N) is 3. The second kappa shape index (κ2) is 12.5. The summed E-state index contributed by atoms with van der Waals surface area (Å²) < 4.78 is 46.1. The fourth-order valence-electron chi connectivity index (χ4n) is 3.09. The van der Waals surface area contributed by atoms with Crippen LogP contribution in [0.1, 0.15) is 13.8 Å². The molecule has 2 atom stereocenters. The van der Waals surface area contributed by atoms with E-state index in [0.717, 1.165) is 6.26 Å². The number of hydrogen-bond acceptors (Lipinski definition) is 10. The van der Waals surface area contributed by atoms with Gasteiger partial charge in [-0.2, -0.15) is 4.98 Å². The summed E-state index contributed by atoms with van der Waals surface area (Å²) in [7, 11) is -5.75. The van der Waals surface area contributed by atoms with Crippen LogP contribution in [-0.2, 0) is 25.4 Å². The Morgan fingerprint density at radius 3 is 2.57 bits per heavy atom. The van der Waals surface area contributed by atoms with Crippen LogP contribution in [-0.4, -0.2) is 59.3 Å². The molecule has 0 aliphatic rings. The maximum atomic E-state index is 12.2. The quantitative estimate of drug-likeness (QED) is 0.237. The number of anilines is 4. The summed E-state index contributed by atoms with van der Waals surface area (Å²) in [5.41, 5.74) is 2.23. The molecule has 2 aromatic carbocycles. The van der Waals surface area contributed by atoms with Crippen molar-refractivity contribution in [2.24, 2.45) is 4.36 Å². The maximum absolute atomic E-state index is 12.2. The number of hydrogen-bond donors (Lipinski definition) is 5. The molecule has 1 amide bonds. The molecule has 1 aromatic heterocycles. The van der Waals surface area contributed by atoms with Crippen molar-refractivity contribution in [3.63, 3.8) is 0 Å². The largest absolute Gasteiger partial charge is 0.448 e. The molecule has 1 unspecified atom stereocenters. The van der Waals surface area contributed by atoms with E-state index in [1.807, 2.05) is 0 Å². The van der Waals surface area contributed by atoms with E-state index in [4.69, 9.17) is 0 Å². The number of thiol groups is 1. The molecule has 3 rings (SSSR count). The molecule has 1 heterocycles. The van der Waals surface area contributed by atoms with Crippen LogP contribution in [0.25, 0.3) is 11.1 Å². The van der Waals surface area contributed by atoms with Gasteiger partial charge in [0.1, 0.15) is 5.82 Å². The monoisotopic (exact) mass is 548 g/mol. The molecule has 0 aliphatic carbocycles. The van der Waals surface area contributed by atoms with Crippen LogP contribution in [0.15, 0.2) is 64.0 Å². The fourth-order valence-corrected chi connectivity index (χ4v) is 4.37. The van der Waals surface area contributed by atoms with Crippen molar-refractivity contribution in [3.05, 3.63) is 54.7 Å². The van der Waals surface area contributed by atoms with Gasteiger partial charge in [-0.3, -0.25) is 4.72 Å². The van der Waals surface area contributed by atoms with Crippen molar-refractivity contribution >= 4 is 49.9 Å². The van der Waals surface area contributed by atoms with E-state index in [-0.39, 0.29) is 25.2 Å². The second-order valence-corrected chi connectivity index (χ2v) is 10.9. The highest BCUT2D eigenvalue weighted by Crippen LogP contribution is 2.30. The predicted octanol–water partition coefficient (Wildman–Crippen LogP) is 3.23. The molecule has 0 fully saturated rings. The van der Waals surface area contributed by atoms with Crippen LogP contribution in [0.3, 0.4) is 0 Å². The lowest BCUT2D eigenvalue weighted by Gasteiger charge is -2.17. The third-order valence-corrected chi connectivity index (χ3v) is 6.40. The first-order valence-corrected chi connectivity index (χ1v) is 14.2. The standard InChI is InChI=1S/C23H28N6O6S2/c1-4-35-23(31)28-36(32)19-10-8-17(9-11-19)26-22-24-13-20(21(27-22)25-15(2)14-30)16-6-5-7-18(12-16)29-37(3,33)34/h5-13,15,29-30,36H,4,14H2,1-3H3,(H2,24,25,26,27)/t15-/m1/s1. The first kappa shape index (κ1) is 27.8. The summed E-state index contributed by atoms with van der Waals surface area (Å²) in [6.45, 7) is 3.42. The van der Waals surface area contributed by atoms with Crippen LogP contribution in [0, 0.1) is 0 Å². The lowest BCUT2D eigenvalue weighted by molar-refractivity contribution is 0.164. The smallest absolute Gasteiger partial charge is 0.441 e. The summed E-state index contributed by atoms with van der Waals surface area (Å²) in [4.78, 5) is 20.7. The molecule has 0 spiro atoms. The maximum Gasteiger partial charge on any atom is 0.441 e. The van der Waals surface area contributed by atoms with E-state index in [1.54, 1.807) is 68.6 Å². The predicted molar refractivity (Wildman–Crippen MR) is 143 cm³/mol. The summed E-state index contributed by atoms with van der Waals surface area (Å²) in [6.07, 6.45) is 1.76. The number of nitrogens with one attached hydrogen (secondary N) is 3. The average Bonchev–Trinajstić information content (AvgIpc) is 2.84. The molecule has 14 heteroatoms. The van der Waals surface area contributed by atoms with Crippen LogP contribution in [0.5, 0.6) is 0 Å². The minimum Gasteiger partial charge on any atom is -0.448 e. The minimum absolute atomic E-state index is 0.141. The van der Waals surface area contributed by atoms with Gasteiger partial charge in [-0.15, -0.1) is 4.36 Å². The molecule has 0 bridgehead atoms. The van der Waals surface area contributed by atoms with Crippen LogP contribution in [0.2, 0.25) is 0 Å². The van der Waals surface area contributed by atoms with Gasteiger partial charge in [0.15, 0.2) is 0 Å². The molecule has 37 heavy (non-hydrogen) atoms. The van der Waals surface area contributed by atoms with Crippen molar-refractivity contribution < 1.29 is 27.3 Å². The van der Waals surface area contributed by atoms with Gasteiger partial charge < -0.3 is 20.5 Å². The van der Waals surface area contributed by atoms with Crippen molar-refractivity contribution in [1.29, 1.82) is 0 Å². The van der Waals surface area contributed by atoms with Crippen molar-refractivity contribution in [1.82, 2.24) is 9.97 Å². The summed E-state index contributed by atoms with van der Waals surface area (Å²) in [5, 5.41) is 15.7. The van der Waals surface area contributed by atoms with Gasteiger partial charge in [0.05, 0.1) is 30.1 Å². The van der Waals surface area contributed by atoms with Crippen LogP contribution in [0.4, 0.5) is 27.9 Å². The third-order valence-electron chi connectivity index (χ3n) is 4.71. The number of sulfonamides is 1. The molecule has 0 saturated carbocycles. The van der Waals surface area contributed by atoms with Gasteiger partial charge in [0, 0.05) is 34.1 Å². The van der Waals surface area contributed by atoms with E-state index in [9.17, 15) is 22.5 Å². The minimum atomic E-state index is -3.46.